The lowest BCUT2D eigenvalue weighted by Gasteiger charge is -2.35. The molecule has 0 spiro atoms. The summed E-state index contributed by atoms with van der Waals surface area (Å²) >= 11 is 0. The van der Waals surface area contributed by atoms with Crippen LogP contribution in [0, 0.1) is 0 Å². The molecule has 0 saturated heterocycles. The van der Waals surface area contributed by atoms with E-state index in [0.717, 1.165) is 25.7 Å². The van der Waals surface area contributed by atoms with Crippen LogP contribution in [0.25, 0.3) is 0 Å². The monoisotopic (exact) mass is 359 g/mol. The number of esters is 1. The fourth-order valence-electron chi connectivity index (χ4n) is 3.73. The number of halogens is 3. The van der Waals surface area contributed by atoms with Crippen LogP contribution in [-0.2, 0) is 16.0 Å². The number of benzene rings is 1. The summed E-state index contributed by atoms with van der Waals surface area (Å²) in [5.74, 6) is -2.97. The molecule has 0 heterocycles. The lowest BCUT2D eigenvalue weighted by Crippen LogP contribution is -2.45. The lowest BCUT2D eigenvalue weighted by atomic mass is 9.84. The molecule has 1 fully saturated rings. The maximum absolute atomic E-state index is 12.7. The first-order valence-corrected chi connectivity index (χ1v) is 8.35. The Labute approximate surface area is 142 Å². The van der Waals surface area contributed by atoms with Crippen LogP contribution < -0.4 is 5.32 Å². The molecule has 1 saturated carbocycles. The maximum Gasteiger partial charge on any atom is 0.490 e. The van der Waals surface area contributed by atoms with Gasteiger partial charge < -0.3 is 20.3 Å². The molecule has 1 aromatic rings. The van der Waals surface area contributed by atoms with E-state index in [-0.39, 0.29) is 17.5 Å². The number of carbonyl (C=O) groups excluding carboxylic acids is 1. The number of alkyl halides is 3. The van der Waals surface area contributed by atoms with Crippen LogP contribution in [0.3, 0.4) is 0 Å². The highest BCUT2D eigenvalue weighted by molar-refractivity contribution is 5.76. The molecule has 0 amide bonds. The van der Waals surface area contributed by atoms with Gasteiger partial charge in [0, 0.05) is 23.2 Å². The summed E-state index contributed by atoms with van der Waals surface area (Å²) in [6.45, 7) is 0. The van der Waals surface area contributed by atoms with Gasteiger partial charge >= 0.3 is 12.1 Å². The average Bonchev–Trinajstić information content (AvgIpc) is 3.05. The van der Waals surface area contributed by atoms with Gasteiger partial charge in [-0.15, -0.1) is 0 Å². The summed E-state index contributed by atoms with van der Waals surface area (Å²) in [5.41, 5.74) is 0.624. The van der Waals surface area contributed by atoms with Crippen LogP contribution >= 0.6 is 0 Å². The van der Waals surface area contributed by atoms with Crippen molar-refractivity contribution in [2.75, 3.05) is 0 Å². The first-order chi connectivity index (χ1) is 11.8. The number of phenols is 2. The Morgan fingerprint density at radius 1 is 1.16 bits per heavy atom. The highest BCUT2D eigenvalue weighted by Gasteiger charge is 2.45. The molecule has 25 heavy (non-hydrogen) atoms. The zero-order chi connectivity index (χ0) is 18.2. The third-order valence-electron chi connectivity index (χ3n) is 4.95. The molecule has 3 rings (SSSR count). The Bertz CT molecular complexity index is 656. The van der Waals surface area contributed by atoms with Crippen molar-refractivity contribution < 1.29 is 32.9 Å². The van der Waals surface area contributed by atoms with E-state index in [2.05, 4.69) is 5.32 Å². The normalized spacial score (nSPS) is 24.1. The molecule has 0 aromatic heterocycles. The zero-order valence-corrected chi connectivity index (χ0v) is 13.5. The standard InChI is InChI=1S/C17H20F3NO4/c18-17(19,20)16(24)25-15-11-6-8-13(22)14(23)10(11)5-7-12(15)21-9-3-1-2-4-9/h6,8-9,12,15,21-23H,1-5,7H2. The Balaban J connectivity index is 1.90. The minimum Gasteiger partial charge on any atom is -0.504 e. The molecule has 0 radical (unpaired) electrons. The van der Waals surface area contributed by atoms with Gasteiger partial charge in [0.15, 0.2) is 11.5 Å². The van der Waals surface area contributed by atoms with Crippen molar-refractivity contribution in [2.24, 2.45) is 0 Å². The molecule has 2 atom stereocenters. The highest BCUT2D eigenvalue weighted by atomic mass is 19.4. The fraction of sp³-hybridized carbons (Fsp3) is 0.588. The van der Waals surface area contributed by atoms with E-state index in [4.69, 9.17) is 4.74 Å². The molecular formula is C17H20F3NO4. The molecule has 5 nitrogen and oxygen atoms in total. The number of hydrogen-bond acceptors (Lipinski definition) is 5. The fourth-order valence-corrected chi connectivity index (χ4v) is 3.73. The molecule has 0 bridgehead atoms. The minimum atomic E-state index is -5.09. The quantitative estimate of drug-likeness (QED) is 0.571. The minimum absolute atomic E-state index is 0.185. The molecule has 3 N–H and O–H groups in total. The van der Waals surface area contributed by atoms with Crippen LogP contribution in [0.1, 0.15) is 49.3 Å². The van der Waals surface area contributed by atoms with Crippen molar-refractivity contribution in [3.63, 3.8) is 0 Å². The first kappa shape index (κ1) is 17.8. The van der Waals surface area contributed by atoms with E-state index in [9.17, 15) is 28.2 Å². The average molecular weight is 359 g/mol. The number of hydrogen-bond donors (Lipinski definition) is 3. The third-order valence-corrected chi connectivity index (χ3v) is 4.95. The number of fused-ring (bicyclic) bond motifs is 1. The second-order valence-corrected chi connectivity index (χ2v) is 6.62. The Hall–Kier alpha value is -1.96. The van der Waals surface area contributed by atoms with E-state index in [1.807, 2.05) is 0 Å². The molecule has 0 aliphatic heterocycles. The molecule has 2 aliphatic carbocycles. The molecule has 1 aromatic carbocycles. The topological polar surface area (TPSA) is 78.8 Å². The number of rotatable bonds is 3. The van der Waals surface area contributed by atoms with Gasteiger partial charge in [-0.3, -0.25) is 0 Å². The summed E-state index contributed by atoms with van der Waals surface area (Å²) in [6, 6.07) is 2.32. The second-order valence-electron chi connectivity index (χ2n) is 6.62. The van der Waals surface area contributed by atoms with Gasteiger partial charge in [0.2, 0.25) is 0 Å². The van der Waals surface area contributed by atoms with Crippen molar-refractivity contribution in [1.29, 1.82) is 0 Å². The largest absolute Gasteiger partial charge is 0.504 e. The van der Waals surface area contributed by atoms with Crippen LogP contribution in [0.4, 0.5) is 13.2 Å². The molecular weight excluding hydrogens is 339 g/mol. The number of nitrogens with one attached hydrogen (secondary N) is 1. The van der Waals surface area contributed by atoms with Gasteiger partial charge in [-0.25, -0.2) is 4.79 Å². The Morgan fingerprint density at radius 2 is 1.84 bits per heavy atom. The van der Waals surface area contributed by atoms with Crippen molar-refractivity contribution in [3.8, 4) is 11.5 Å². The van der Waals surface area contributed by atoms with Crippen molar-refractivity contribution in [1.82, 2.24) is 5.32 Å². The molecule has 138 valence electrons. The van der Waals surface area contributed by atoms with Gasteiger partial charge in [-0.2, -0.15) is 13.2 Å². The van der Waals surface area contributed by atoms with Crippen molar-refractivity contribution in [2.45, 2.75) is 62.9 Å². The predicted octanol–water partition coefficient (Wildman–Crippen LogP) is 3.09. The van der Waals surface area contributed by atoms with Crippen LogP contribution in [0.5, 0.6) is 11.5 Å². The zero-order valence-electron chi connectivity index (χ0n) is 13.5. The van der Waals surface area contributed by atoms with E-state index in [1.165, 1.54) is 12.1 Å². The van der Waals surface area contributed by atoms with Crippen LogP contribution in [-0.4, -0.2) is 34.4 Å². The van der Waals surface area contributed by atoms with E-state index < -0.39 is 24.3 Å². The number of phenolic OH excluding ortho intramolecular Hbond substituents is 2. The van der Waals surface area contributed by atoms with E-state index in [0.29, 0.717) is 24.0 Å². The Kier molecular flexibility index (Phi) is 4.81. The van der Waals surface area contributed by atoms with Crippen molar-refractivity contribution >= 4 is 5.97 Å². The van der Waals surface area contributed by atoms with Crippen LogP contribution in [0.15, 0.2) is 12.1 Å². The molecule has 8 heteroatoms. The highest BCUT2D eigenvalue weighted by Crippen LogP contribution is 2.42. The van der Waals surface area contributed by atoms with Gasteiger partial charge in [-0.1, -0.05) is 18.9 Å². The summed E-state index contributed by atoms with van der Waals surface area (Å²) in [5, 5.41) is 22.9. The molecule has 2 aliphatic rings. The van der Waals surface area contributed by atoms with E-state index >= 15 is 0 Å². The van der Waals surface area contributed by atoms with Gasteiger partial charge in [0.05, 0.1) is 0 Å². The summed E-state index contributed by atoms with van der Waals surface area (Å²) in [6.07, 6.45) is -1.49. The third kappa shape index (κ3) is 3.68. The van der Waals surface area contributed by atoms with Gasteiger partial charge in [-0.05, 0) is 31.7 Å². The number of aromatic hydroxyl groups is 2. The summed E-state index contributed by atoms with van der Waals surface area (Å²) in [4.78, 5) is 11.4. The first-order valence-electron chi connectivity index (χ1n) is 8.35. The number of ether oxygens (including phenoxy) is 1. The predicted molar refractivity (Wildman–Crippen MR) is 82.2 cm³/mol. The summed E-state index contributed by atoms with van der Waals surface area (Å²) < 4.78 is 42.8. The number of carbonyl (C=O) groups is 1. The Morgan fingerprint density at radius 3 is 2.48 bits per heavy atom. The molecule has 2 unspecified atom stereocenters. The maximum atomic E-state index is 12.7. The van der Waals surface area contributed by atoms with Gasteiger partial charge in [0.25, 0.3) is 0 Å². The summed E-state index contributed by atoms with van der Waals surface area (Å²) in [7, 11) is 0. The second kappa shape index (κ2) is 6.74. The van der Waals surface area contributed by atoms with Gasteiger partial charge in [0.1, 0.15) is 6.10 Å². The SMILES string of the molecule is O=C(OC1c2ccc(O)c(O)c2CCC1NC1CCCC1)C(F)(F)F. The smallest absolute Gasteiger partial charge is 0.490 e. The lowest BCUT2D eigenvalue weighted by molar-refractivity contribution is -0.207. The van der Waals surface area contributed by atoms with E-state index in [1.54, 1.807) is 0 Å². The van der Waals surface area contributed by atoms with Crippen molar-refractivity contribution in [3.05, 3.63) is 23.3 Å². The van der Waals surface area contributed by atoms with Crippen LogP contribution in [0.2, 0.25) is 0 Å².